The molecule has 0 radical (unpaired) electrons. The second-order valence-electron chi connectivity index (χ2n) is 4.99. The van der Waals surface area contributed by atoms with Crippen molar-refractivity contribution in [1.82, 2.24) is 5.32 Å². The number of rotatable bonds is 4. The average Bonchev–Trinajstić information content (AvgIpc) is 2.68. The number of benzene rings is 1. The van der Waals surface area contributed by atoms with Crippen LogP contribution in [0.15, 0.2) is 24.3 Å². The Morgan fingerprint density at radius 2 is 2.06 bits per heavy atom. The van der Waals surface area contributed by atoms with Gasteiger partial charge in [0.15, 0.2) is 0 Å². The monoisotopic (exact) mass is 219 g/mol. The van der Waals surface area contributed by atoms with Gasteiger partial charge in [-0.25, -0.2) is 0 Å². The van der Waals surface area contributed by atoms with E-state index in [0.29, 0.717) is 5.41 Å². The molecule has 1 aromatic rings. The Morgan fingerprint density at radius 1 is 1.31 bits per heavy atom. The third-order valence-corrected chi connectivity index (χ3v) is 3.32. The van der Waals surface area contributed by atoms with E-state index in [4.69, 9.17) is 4.74 Å². The van der Waals surface area contributed by atoms with Crippen LogP contribution in [0, 0.1) is 5.41 Å². The third-order valence-electron chi connectivity index (χ3n) is 3.32. The molecule has 2 heteroatoms. The van der Waals surface area contributed by atoms with Crippen molar-refractivity contribution in [2.24, 2.45) is 5.41 Å². The summed E-state index contributed by atoms with van der Waals surface area (Å²) >= 11 is 0. The molecule has 1 N–H and O–H groups in total. The number of ether oxygens (including phenoxy) is 1. The SMILES string of the molecule is CCOc1ccc(CC2(C)CCNC2)cc1. The van der Waals surface area contributed by atoms with Gasteiger partial charge in [-0.3, -0.25) is 0 Å². The van der Waals surface area contributed by atoms with Crippen LogP contribution in [0.25, 0.3) is 0 Å². The summed E-state index contributed by atoms with van der Waals surface area (Å²) in [6.07, 6.45) is 2.44. The van der Waals surface area contributed by atoms with E-state index in [1.54, 1.807) is 0 Å². The van der Waals surface area contributed by atoms with E-state index >= 15 is 0 Å². The van der Waals surface area contributed by atoms with E-state index < -0.39 is 0 Å². The molecular weight excluding hydrogens is 198 g/mol. The normalized spacial score (nSPS) is 24.6. The van der Waals surface area contributed by atoms with Gasteiger partial charge in [0, 0.05) is 6.54 Å². The van der Waals surface area contributed by atoms with E-state index in [9.17, 15) is 0 Å². The van der Waals surface area contributed by atoms with Gasteiger partial charge >= 0.3 is 0 Å². The van der Waals surface area contributed by atoms with Gasteiger partial charge in [-0.2, -0.15) is 0 Å². The maximum absolute atomic E-state index is 5.44. The van der Waals surface area contributed by atoms with Gasteiger partial charge in [0.05, 0.1) is 6.61 Å². The Hall–Kier alpha value is -1.02. The van der Waals surface area contributed by atoms with E-state index in [2.05, 4.69) is 36.5 Å². The molecule has 0 aliphatic carbocycles. The highest BCUT2D eigenvalue weighted by molar-refractivity contribution is 5.28. The highest BCUT2D eigenvalue weighted by atomic mass is 16.5. The summed E-state index contributed by atoms with van der Waals surface area (Å²) in [6.45, 7) is 7.41. The van der Waals surface area contributed by atoms with Gasteiger partial charge in [0.2, 0.25) is 0 Å². The van der Waals surface area contributed by atoms with Gasteiger partial charge in [0.1, 0.15) is 5.75 Å². The van der Waals surface area contributed by atoms with E-state index in [-0.39, 0.29) is 0 Å². The lowest BCUT2D eigenvalue weighted by atomic mass is 9.83. The molecule has 1 aliphatic rings. The maximum Gasteiger partial charge on any atom is 0.119 e. The van der Waals surface area contributed by atoms with Crippen LogP contribution in [0.3, 0.4) is 0 Å². The van der Waals surface area contributed by atoms with Crippen molar-refractivity contribution < 1.29 is 4.74 Å². The van der Waals surface area contributed by atoms with E-state index in [0.717, 1.165) is 31.9 Å². The predicted octanol–water partition coefficient (Wildman–Crippen LogP) is 2.63. The van der Waals surface area contributed by atoms with Crippen molar-refractivity contribution in [1.29, 1.82) is 0 Å². The van der Waals surface area contributed by atoms with Crippen LogP contribution in [0.1, 0.15) is 25.8 Å². The van der Waals surface area contributed by atoms with Crippen molar-refractivity contribution in [2.45, 2.75) is 26.7 Å². The summed E-state index contributed by atoms with van der Waals surface area (Å²) in [5, 5.41) is 3.44. The molecule has 1 atom stereocenters. The minimum absolute atomic E-state index is 0.438. The molecule has 1 fully saturated rings. The Labute approximate surface area is 98.0 Å². The summed E-state index contributed by atoms with van der Waals surface area (Å²) in [5.74, 6) is 0.973. The van der Waals surface area contributed by atoms with Crippen LogP contribution in [0.4, 0.5) is 0 Å². The van der Waals surface area contributed by atoms with Crippen LogP contribution >= 0.6 is 0 Å². The standard InChI is InChI=1S/C14H21NO/c1-3-16-13-6-4-12(5-7-13)10-14(2)8-9-15-11-14/h4-7,15H,3,8-11H2,1-2H3. The average molecular weight is 219 g/mol. The van der Waals surface area contributed by atoms with Crippen molar-refractivity contribution in [3.8, 4) is 5.75 Å². The molecule has 2 nitrogen and oxygen atoms in total. The van der Waals surface area contributed by atoms with Crippen molar-refractivity contribution in [3.63, 3.8) is 0 Å². The van der Waals surface area contributed by atoms with Crippen molar-refractivity contribution in [2.75, 3.05) is 19.7 Å². The Balaban J connectivity index is 1.99. The first-order chi connectivity index (χ1) is 7.72. The van der Waals surface area contributed by atoms with Gasteiger partial charge < -0.3 is 10.1 Å². The molecular formula is C14H21NO. The first kappa shape index (κ1) is 11.5. The van der Waals surface area contributed by atoms with Gasteiger partial charge in [-0.15, -0.1) is 0 Å². The molecule has 0 saturated carbocycles. The molecule has 1 aromatic carbocycles. The van der Waals surface area contributed by atoms with Crippen LogP contribution in [-0.4, -0.2) is 19.7 Å². The molecule has 0 amide bonds. The number of nitrogens with one attached hydrogen (secondary N) is 1. The zero-order valence-corrected chi connectivity index (χ0v) is 10.3. The first-order valence-electron chi connectivity index (χ1n) is 6.14. The fourth-order valence-electron chi connectivity index (χ4n) is 2.38. The van der Waals surface area contributed by atoms with Crippen LogP contribution in [-0.2, 0) is 6.42 Å². The summed E-state index contributed by atoms with van der Waals surface area (Å²) in [5.41, 5.74) is 1.85. The summed E-state index contributed by atoms with van der Waals surface area (Å²) in [4.78, 5) is 0. The Bertz CT molecular complexity index is 325. The van der Waals surface area contributed by atoms with Crippen molar-refractivity contribution in [3.05, 3.63) is 29.8 Å². The highest BCUT2D eigenvalue weighted by Crippen LogP contribution is 2.29. The second-order valence-corrected chi connectivity index (χ2v) is 4.99. The minimum Gasteiger partial charge on any atom is -0.494 e. The Morgan fingerprint density at radius 3 is 2.62 bits per heavy atom. The fourth-order valence-corrected chi connectivity index (χ4v) is 2.38. The largest absolute Gasteiger partial charge is 0.494 e. The van der Waals surface area contributed by atoms with Gasteiger partial charge in [-0.1, -0.05) is 19.1 Å². The minimum atomic E-state index is 0.438. The summed E-state index contributed by atoms with van der Waals surface area (Å²) in [6, 6.07) is 8.53. The van der Waals surface area contributed by atoms with Crippen LogP contribution in [0.2, 0.25) is 0 Å². The molecule has 1 aliphatic heterocycles. The molecule has 16 heavy (non-hydrogen) atoms. The quantitative estimate of drug-likeness (QED) is 0.840. The van der Waals surface area contributed by atoms with E-state index in [1.165, 1.54) is 12.0 Å². The molecule has 0 aromatic heterocycles. The maximum atomic E-state index is 5.44. The van der Waals surface area contributed by atoms with Crippen LogP contribution < -0.4 is 10.1 Å². The zero-order chi connectivity index (χ0) is 11.4. The number of hydrogen-bond donors (Lipinski definition) is 1. The summed E-state index contributed by atoms with van der Waals surface area (Å²) < 4.78 is 5.44. The molecule has 1 heterocycles. The molecule has 0 spiro atoms. The summed E-state index contributed by atoms with van der Waals surface area (Å²) in [7, 11) is 0. The topological polar surface area (TPSA) is 21.3 Å². The van der Waals surface area contributed by atoms with E-state index in [1.807, 2.05) is 6.92 Å². The fraction of sp³-hybridized carbons (Fsp3) is 0.571. The van der Waals surface area contributed by atoms with Gasteiger partial charge in [-0.05, 0) is 49.4 Å². The lowest BCUT2D eigenvalue weighted by molar-refractivity contribution is 0.339. The Kier molecular flexibility index (Phi) is 3.49. The third kappa shape index (κ3) is 2.76. The molecule has 88 valence electrons. The molecule has 0 bridgehead atoms. The lowest BCUT2D eigenvalue weighted by Gasteiger charge is -2.22. The van der Waals surface area contributed by atoms with Gasteiger partial charge in [0.25, 0.3) is 0 Å². The molecule has 1 unspecified atom stereocenters. The first-order valence-corrected chi connectivity index (χ1v) is 6.14. The van der Waals surface area contributed by atoms with Crippen molar-refractivity contribution >= 4 is 0 Å². The lowest BCUT2D eigenvalue weighted by Crippen LogP contribution is -2.22. The zero-order valence-electron chi connectivity index (χ0n) is 10.3. The number of hydrogen-bond acceptors (Lipinski definition) is 2. The highest BCUT2D eigenvalue weighted by Gasteiger charge is 2.28. The predicted molar refractivity (Wildman–Crippen MR) is 66.9 cm³/mol. The smallest absolute Gasteiger partial charge is 0.119 e. The van der Waals surface area contributed by atoms with Crippen LogP contribution in [0.5, 0.6) is 5.75 Å². The second kappa shape index (κ2) is 4.88. The molecule has 2 rings (SSSR count). The molecule has 1 saturated heterocycles.